The molecule has 1 N–H and O–H groups in total. The molecule has 0 saturated carbocycles. The van der Waals surface area contributed by atoms with Crippen molar-refractivity contribution in [2.24, 2.45) is 0 Å². The van der Waals surface area contributed by atoms with Gasteiger partial charge in [-0.15, -0.1) is 0 Å². The first-order chi connectivity index (χ1) is 8.74. The van der Waals surface area contributed by atoms with Crippen LogP contribution in [-0.4, -0.2) is 16.8 Å². The maximum atomic E-state index is 6.26. The molecule has 18 heavy (non-hydrogen) atoms. The topological polar surface area (TPSA) is 29.9 Å². The number of benzene rings is 1. The molecule has 0 aliphatic carbocycles. The summed E-state index contributed by atoms with van der Waals surface area (Å²) in [5.41, 5.74) is 3.34. The molecule has 2 aromatic rings. The first-order valence-corrected chi connectivity index (χ1v) is 6.58. The zero-order chi connectivity index (χ0) is 13.0. The highest BCUT2D eigenvalue weighted by Gasteiger charge is 2.05. The summed E-state index contributed by atoms with van der Waals surface area (Å²) in [6, 6.07) is 6.15. The summed E-state index contributed by atoms with van der Waals surface area (Å²) in [6.45, 7) is 3.88. The summed E-state index contributed by atoms with van der Waals surface area (Å²) in [4.78, 5) is 0. The molecule has 0 aliphatic rings. The van der Waals surface area contributed by atoms with E-state index in [0.29, 0.717) is 0 Å². The van der Waals surface area contributed by atoms with Crippen molar-refractivity contribution in [1.82, 2.24) is 15.1 Å². The lowest BCUT2D eigenvalue weighted by Gasteiger charge is -2.05. The molecule has 1 heterocycles. The number of hydrogen-bond acceptors (Lipinski definition) is 2. The minimum atomic E-state index is 0.786. The van der Waals surface area contributed by atoms with Gasteiger partial charge in [-0.1, -0.05) is 30.7 Å². The van der Waals surface area contributed by atoms with Gasteiger partial charge < -0.3 is 5.32 Å². The van der Waals surface area contributed by atoms with Crippen LogP contribution in [0, 0.1) is 0 Å². The molecule has 1 aromatic carbocycles. The Morgan fingerprint density at radius 2 is 2.17 bits per heavy atom. The highest BCUT2D eigenvalue weighted by Crippen LogP contribution is 2.25. The van der Waals surface area contributed by atoms with E-state index in [1.165, 1.54) is 0 Å². The monoisotopic (exact) mass is 263 g/mol. The molecule has 0 unspecified atom stereocenters. The van der Waals surface area contributed by atoms with Crippen molar-refractivity contribution in [3.8, 4) is 11.1 Å². The molecule has 2 rings (SSSR count). The Hall–Kier alpha value is -1.32. The summed E-state index contributed by atoms with van der Waals surface area (Å²) >= 11 is 6.26. The molecule has 0 aliphatic heterocycles. The van der Waals surface area contributed by atoms with E-state index in [1.807, 2.05) is 24.0 Å². The third-order valence-electron chi connectivity index (χ3n) is 2.84. The van der Waals surface area contributed by atoms with Crippen LogP contribution in [0.2, 0.25) is 5.02 Å². The quantitative estimate of drug-likeness (QED) is 0.897. The summed E-state index contributed by atoms with van der Waals surface area (Å²) in [5.74, 6) is 0. The van der Waals surface area contributed by atoms with Crippen LogP contribution in [0.4, 0.5) is 0 Å². The minimum Gasteiger partial charge on any atom is -0.316 e. The van der Waals surface area contributed by atoms with Gasteiger partial charge in [-0.3, -0.25) is 4.68 Å². The van der Waals surface area contributed by atoms with Gasteiger partial charge in [0.2, 0.25) is 0 Å². The minimum absolute atomic E-state index is 0.786. The van der Waals surface area contributed by atoms with Crippen molar-refractivity contribution in [1.29, 1.82) is 0 Å². The van der Waals surface area contributed by atoms with Gasteiger partial charge in [-0.05, 0) is 30.7 Å². The zero-order valence-corrected chi connectivity index (χ0v) is 11.5. The summed E-state index contributed by atoms with van der Waals surface area (Å²) in [5, 5.41) is 8.23. The van der Waals surface area contributed by atoms with Crippen LogP contribution in [0.15, 0.2) is 30.6 Å². The smallest absolute Gasteiger partial charge is 0.0568 e. The second-order valence-electron chi connectivity index (χ2n) is 4.33. The molecule has 96 valence electrons. The lowest BCUT2D eigenvalue weighted by molar-refractivity contribution is 0.603. The molecular formula is C14H18ClN3. The Morgan fingerprint density at radius 1 is 1.33 bits per heavy atom. The van der Waals surface area contributed by atoms with Crippen molar-refractivity contribution in [3.63, 3.8) is 0 Å². The first kappa shape index (κ1) is 13.1. The van der Waals surface area contributed by atoms with Crippen molar-refractivity contribution < 1.29 is 0 Å². The molecular weight excluding hydrogens is 246 g/mol. The predicted molar refractivity (Wildman–Crippen MR) is 75.7 cm³/mol. The van der Waals surface area contributed by atoms with Crippen molar-refractivity contribution >= 4 is 11.6 Å². The number of nitrogens with zero attached hydrogens (tertiary/aromatic N) is 2. The molecule has 0 atom stereocenters. The van der Waals surface area contributed by atoms with E-state index in [2.05, 4.69) is 35.7 Å². The molecule has 3 nitrogen and oxygen atoms in total. The Kier molecular flexibility index (Phi) is 4.39. The number of rotatable bonds is 5. The molecule has 0 bridgehead atoms. The molecule has 0 amide bonds. The van der Waals surface area contributed by atoms with Crippen molar-refractivity contribution in [3.05, 3.63) is 41.2 Å². The van der Waals surface area contributed by atoms with Gasteiger partial charge in [0.15, 0.2) is 0 Å². The summed E-state index contributed by atoms with van der Waals surface area (Å²) < 4.78 is 1.96. The van der Waals surface area contributed by atoms with Gasteiger partial charge in [0.05, 0.1) is 6.20 Å². The second-order valence-corrected chi connectivity index (χ2v) is 4.74. The van der Waals surface area contributed by atoms with Crippen LogP contribution >= 0.6 is 11.6 Å². The lowest BCUT2D eigenvalue weighted by atomic mass is 10.1. The van der Waals surface area contributed by atoms with Crippen LogP contribution in [0.5, 0.6) is 0 Å². The van der Waals surface area contributed by atoms with E-state index >= 15 is 0 Å². The van der Waals surface area contributed by atoms with E-state index in [4.69, 9.17) is 11.6 Å². The highest BCUT2D eigenvalue weighted by molar-refractivity contribution is 6.31. The normalized spacial score (nSPS) is 10.8. The maximum Gasteiger partial charge on any atom is 0.0568 e. The van der Waals surface area contributed by atoms with Gasteiger partial charge in [0.25, 0.3) is 0 Å². The van der Waals surface area contributed by atoms with E-state index in [-0.39, 0.29) is 0 Å². The van der Waals surface area contributed by atoms with E-state index in [0.717, 1.165) is 41.2 Å². The van der Waals surface area contributed by atoms with Crippen molar-refractivity contribution in [2.45, 2.75) is 26.4 Å². The van der Waals surface area contributed by atoms with Crippen LogP contribution in [0.1, 0.15) is 18.9 Å². The number of hydrogen-bond donors (Lipinski definition) is 1. The number of aryl methyl sites for hydroxylation is 1. The average molecular weight is 264 g/mol. The molecule has 0 saturated heterocycles. The summed E-state index contributed by atoms with van der Waals surface area (Å²) in [7, 11) is 1.92. The zero-order valence-electron chi connectivity index (χ0n) is 10.8. The Labute approximate surface area is 113 Å². The largest absolute Gasteiger partial charge is 0.316 e. The first-order valence-electron chi connectivity index (χ1n) is 6.20. The molecule has 0 radical (unpaired) electrons. The van der Waals surface area contributed by atoms with Crippen molar-refractivity contribution in [2.75, 3.05) is 7.05 Å². The van der Waals surface area contributed by atoms with Gasteiger partial charge in [-0.2, -0.15) is 5.10 Å². The highest BCUT2D eigenvalue weighted by atomic mass is 35.5. The fraction of sp³-hybridized carbons (Fsp3) is 0.357. The Bertz CT molecular complexity index is 520. The molecule has 1 aromatic heterocycles. The van der Waals surface area contributed by atoms with Gasteiger partial charge in [0, 0.05) is 29.9 Å². The van der Waals surface area contributed by atoms with E-state index in [1.54, 1.807) is 0 Å². The van der Waals surface area contributed by atoms with Crippen LogP contribution < -0.4 is 5.32 Å². The average Bonchev–Trinajstić information content (AvgIpc) is 2.81. The fourth-order valence-corrected chi connectivity index (χ4v) is 2.17. The van der Waals surface area contributed by atoms with Crippen LogP contribution in [0.3, 0.4) is 0 Å². The third kappa shape index (κ3) is 2.92. The molecule has 4 heteroatoms. The number of nitrogens with one attached hydrogen (secondary N) is 1. The van der Waals surface area contributed by atoms with Crippen LogP contribution in [0.25, 0.3) is 11.1 Å². The van der Waals surface area contributed by atoms with E-state index in [9.17, 15) is 0 Å². The SMILES string of the molecule is CCCn1cc(-c2ccc(CNC)c(Cl)c2)cn1. The van der Waals surface area contributed by atoms with Gasteiger partial charge in [-0.25, -0.2) is 0 Å². The summed E-state index contributed by atoms with van der Waals surface area (Å²) in [6.07, 6.45) is 5.04. The molecule has 0 spiro atoms. The van der Waals surface area contributed by atoms with Gasteiger partial charge in [0.1, 0.15) is 0 Å². The maximum absolute atomic E-state index is 6.26. The molecule has 0 fully saturated rings. The number of halogens is 1. The lowest BCUT2D eigenvalue weighted by Crippen LogP contribution is -2.05. The standard InChI is InChI=1S/C14H18ClN3/c1-3-6-18-10-13(9-17-18)11-4-5-12(8-16-2)14(15)7-11/h4-5,7,9-10,16H,3,6,8H2,1-2H3. The van der Waals surface area contributed by atoms with E-state index < -0.39 is 0 Å². The Morgan fingerprint density at radius 3 is 2.83 bits per heavy atom. The fourth-order valence-electron chi connectivity index (χ4n) is 1.92. The van der Waals surface area contributed by atoms with Crippen LogP contribution in [-0.2, 0) is 13.1 Å². The predicted octanol–water partition coefficient (Wildman–Crippen LogP) is 3.33. The number of aromatic nitrogens is 2. The second kappa shape index (κ2) is 6.03. The van der Waals surface area contributed by atoms with Gasteiger partial charge >= 0.3 is 0 Å². The third-order valence-corrected chi connectivity index (χ3v) is 3.19. The Balaban J connectivity index is 2.24.